The molecular weight excluding hydrogens is 196 g/mol. The Kier molecular flexibility index (Phi) is 3.47. The van der Waals surface area contributed by atoms with Gasteiger partial charge in [-0.15, -0.1) is 0 Å². The van der Waals surface area contributed by atoms with Gasteiger partial charge in [-0.3, -0.25) is 4.98 Å². The number of nitrogens with zero attached hydrogens (tertiary/aromatic N) is 1. The summed E-state index contributed by atoms with van der Waals surface area (Å²) in [4.78, 5) is 4.48. The molecule has 16 heavy (non-hydrogen) atoms. The zero-order valence-corrected chi connectivity index (χ0v) is 10.6. The van der Waals surface area contributed by atoms with E-state index in [2.05, 4.69) is 36.3 Å². The van der Waals surface area contributed by atoms with E-state index in [-0.39, 0.29) is 0 Å². The molecule has 2 rings (SSSR count). The van der Waals surface area contributed by atoms with E-state index in [0.29, 0.717) is 6.04 Å². The van der Waals surface area contributed by atoms with Crippen molar-refractivity contribution in [2.45, 2.75) is 52.5 Å². The van der Waals surface area contributed by atoms with E-state index in [0.717, 1.165) is 17.3 Å². The predicted molar refractivity (Wildman–Crippen MR) is 68.8 cm³/mol. The van der Waals surface area contributed by atoms with Crippen molar-refractivity contribution in [2.75, 3.05) is 5.32 Å². The lowest BCUT2D eigenvalue weighted by Gasteiger charge is -2.29. The molecule has 88 valence electrons. The summed E-state index contributed by atoms with van der Waals surface area (Å²) in [5.41, 5.74) is 3.40. The van der Waals surface area contributed by atoms with Crippen LogP contribution in [0.15, 0.2) is 12.1 Å². The molecule has 0 radical (unpaired) electrons. The van der Waals surface area contributed by atoms with Crippen LogP contribution in [0.1, 0.15) is 44.0 Å². The van der Waals surface area contributed by atoms with E-state index >= 15 is 0 Å². The third kappa shape index (κ3) is 2.75. The quantitative estimate of drug-likeness (QED) is 0.833. The second kappa shape index (κ2) is 4.86. The van der Waals surface area contributed by atoms with Crippen molar-refractivity contribution >= 4 is 5.69 Å². The van der Waals surface area contributed by atoms with E-state index in [9.17, 15) is 0 Å². The van der Waals surface area contributed by atoms with Gasteiger partial charge in [0.1, 0.15) is 0 Å². The molecule has 0 aliphatic heterocycles. The normalized spacial score (nSPS) is 17.9. The standard InChI is InChI=1S/C14H22N2/c1-10-7-8-14(12(3)15-10)16-11(2)9-13-5-4-6-13/h7-8,11,13,16H,4-6,9H2,1-3H3. The number of pyridine rings is 1. The van der Waals surface area contributed by atoms with Gasteiger partial charge in [-0.2, -0.15) is 0 Å². The van der Waals surface area contributed by atoms with Crippen molar-refractivity contribution in [1.82, 2.24) is 4.98 Å². The Morgan fingerprint density at radius 3 is 2.69 bits per heavy atom. The van der Waals surface area contributed by atoms with Gasteiger partial charge in [0, 0.05) is 11.7 Å². The lowest BCUT2D eigenvalue weighted by Crippen LogP contribution is -2.23. The monoisotopic (exact) mass is 218 g/mol. The third-order valence-electron chi connectivity index (χ3n) is 3.54. The zero-order valence-electron chi connectivity index (χ0n) is 10.6. The highest BCUT2D eigenvalue weighted by Crippen LogP contribution is 2.31. The molecule has 0 amide bonds. The first kappa shape index (κ1) is 11.4. The molecule has 1 fully saturated rings. The largest absolute Gasteiger partial charge is 0.381 e. The molecule has 2 heteroatoms. The molecule has 1 aromatic heterocycles. The van der Waals surface area contributed by atoms with Crippen LogP contribution in [-0.4, -0.2) is 11.0 Å². The van der Waals surface area contributed by atoms with Gasteiger partial charge in [0.05, 0.1) is 11.4 Å². The maximum Gasteiger partial charge on any atom is 0.0606 e. The summed E-state index contributed by atoms with van der Waals surface area (Å²) in [6, 6.07) is 4.79. The summed E-state index contributed by atoms with van der Waals surface area (Å²) < 4.78 is 0. The number of aromatic nitrogens is 1. The van der Waals surface area contributed by atoms with Crippen molar-refractivity contribution in [2.24, 2.45) is 5.92 Å². The van der Waals surface area contributed by atoms with Crippen molar-refractivity contribution in [3.8, 4) is 0 Å². The molecule has 1 N–H and O–H groups in total. The van der Waals surface area contributed by atoms with Crippen LogP contribution in [0.2, 0.25) is 0 Å². The Balaban J connectivity index is 1.91. The molecule has 2 nitrogen and oxygen atoms in total. The number of rotatable bonds is 4. The van der Waals surface area contributed by atoms with Crippen molar-refractivity contribution < 1.29 is 0 Å². The predicted octanol–water partition coefficient (Wildman–Crippen LogP) is 3.69. The summed E-state index contributed by atoms with van der Waals surface area (Å²) in [5, 5.41) is 3.57. The van der Waals surface area contributed by atoms with E-state index in [1.165, 1.54) is 31.4 Å². The Morgan fingerprint density at radius 2 is 2.12 bits per heavy atom. The molecule has 0 spiro atoms. The Labute approximate surface area is 98.5 Å². The van der Waals surface area contributed by atoms with E-state index in [1.807, 2.05) is 6.92 Å². The van der Waals surface area contributed by atoms with Crippen LogP contribution in [-0.2, 0) is 0 Å². The summed E-state index contributed by atoms with van der Waals surface area (Å²) in [6.07, 6.45) is 5.59. The third-order valence-corrected chi connectivity index (χ3v) is 3.54. The maximum atomic E-state index is 4.48. The first-order chi connectivity index (χ1) is 7.65. The van der Waals surface area contributed by atoms with Gasteiger partial charge >= 0.3 is 0 Å². The van der Waals surface area contributed by atoms with E-state index < -0.39 is 0 Å². The summed E-state index contributed by atoms with van der Waals surface area (Å²) >= 11 is 0. The van der Waals surface area contributed by atoms with Crippen LogP contribution in [0.3, 0.4) is 0 Å². The van der Waals surface area contributed by atoms with Gasteiger partial charge in [0.15, 0.2) is 0 Å². The van der Waals surface area contributed by atoms with Crippen molar-refractivity contribution in [1.29, 1.82) is 0 Å². The molecular formula is C14H22N2. The molecule has 1 aliphatic rings. The van der Waals surface area contributed by atoms with Gasteiger partial charge < -0.3 is 5.32 Å². The zero-order chi connectivity index (χ0) is 11.5. The molecule has 1 unspecified atom stereocenters. The summed E-state index contributed by atoms with van der Waals surface area (Å²) in [5.74, 6) is 0.959. The van der Waals surface area contributed by atoms with E-state index in [1.54, 1.807) is 0 Å². The van der Waals surface area contributed by atoms with Crippen molar-refractivity contribution in [3.05, 3.63) is 23.5 Å². The number of hydrogen-bond acceptors (Lipinski definition) is 2. The lowest BCUT2D eigenvalue weighted by molar-refractivity contribution is 0.286. The van der Waals surface area contributed by atoms with Gasteiger partial charge in [-0.1, -0.05) is 19.3 Å². The van der Waals surface area contributed by atoms with Crippen molar-refractivity contribution in [3.63, 3.8) is 0 Å². The summed E-state index contributed by atoms with van der Waals surface area (Å²) in [7, 11) is 0. The first-order valence-electron chi connectivity index (χ1n) is 6.36. The average Bonchev–Trinajstić information content (AvgIpc) is 2.16. The minimum Gasteiger partial charge on any atom is -0.381 e. The molecule has 0 bridgehead atoms. The van der Waals surface area contributed by atoms with Crippen LogP contribution in [0.5, 0.6) is 0 Å². The van der Waals surface area contributed by atoms with Crippen LogP contribution in [0.25, 0.3) is 0 Å². The molecule has 0 aromatic carbocycles. The summed E-state index contributed by atoms with van der Waals surface area (Å²) in [6.45, 7) is 6.39. The number of aryl methyl sites for hydroxylation is 2. The highest BCUT2D eigenvalue weighted by atomic mass is 14.9. The van der Waals surface area contributed by atoms with E-state index in [4.69, 9.17) is 0 Å². The Bertz CT molecular complexity index is 356. The van der Waals surface area contributed by atoms with Crippen LogP contribution in [0, 0.1) is 19.8 Å². The fraction of sp³-hybridized carbons (Fsp3) is 0.643. The van der Waals surface area contributed by atoms with Gasteiger partial charge in [0.25, 0.3) is 0 Å². The first-order valence-corrected chi connectivity index (χ1v) is 6.36. The molecule has 0 saturated heterocycles. The van der Waals surface area contributed by atoms with Gasteiger partial charge in [-0.25, -0.2) is 0 Å². The highest BCUT2D eigenvalue weighted by molar-refractivity contribution is 5.48. The number of hydrogen-bond donors (Lipinski definition) is 1. The van der Waals surface area contributed by atoms with Crippen LogP contribution in [0.4, 0.5) is 5.69 Å². The fourth-order valence-electron chi connectivity index (χ4n) is 2.39. The maximum absolute atomic E-state index is 4.48. The smallest absolute Gasteiger partial charge is 0.0606 e. The van der Waals surface area contributed by atoms with Crippen LogP contribution >= 0.6 is 0 Å². The second-order valence-corrected chi connectivity index (χ2v) is 5.16. The molecule has 1 aromatic rings. The highest BCUT2D eigenvalue weighted by Gasteiger charge is 2.20. The molecule has 1 heterocycles. The second-order valence-electron chi connectivity index (χ2n) is 5.16. The lowest BCUT2D eigenvalue weighted by atomic mass is 9.81. The Hall–Kier alpha value is -1.05. The Morgan fingerprint density at radius 1 is 1.38 bits per heavy atom. The van der Waals surface area contributed by atoms with Crippen LogP contribution < -0.4 is 5.32 Å². The molecule has 1 atom stereocenters. The minimum atomic E-state index is 0.563. The average molecular weight is 218 g/mol. The number of anilines is 1. The minimum absolute atomic E-state index is 0.563. The van der Waals surface area contributed by atoms with Gasteiger partial charge in [0.2, 0.25) is 0 Å². The molecule has 1 saturated carbocycles. The fourth-order valence-corrected chi connectivity index (χ4v) is 2.39. The topological polar surface area (TPSA) is 24.9 Å². The number of nitrogens with one attached hydrogen (secondary N) is 1. The molecule has 1 aliphatic carbocycles. The SMILES string of the molecule is Cc1ccc(NC(C)CC2CCC2)c(C)n1. The van der Waals surface area contributed by atoms with Gasteiger partial charge in [-0.05, 0) is 45.2 Å².